The van der Waals surface area contributed by atoms with Crippen LogP contribution in [-0.2, 0) is 4.79 Å². The van der Waals surface area contributed by atoms with Crippen molar-refractivity contribution in [1.29, 1.82) is 0 Å². The molecule has 5 nitrogen and oxygen atoms in total. The average molecular weight is 214 g/mol. The summed E-state index contributed by atoms with van der Waals surface area (Å²) in [5.41, 5.74) is -0.929. The molecule has 0 aromatic rings. The summed E-state index contributed by atoms with van der Waals surface area (Å²) in [5.74, 6) is -0.923. The highest BCUT2D eigenvalue weighted by Crippen LogP contribution is 2.35. The lowest BCUT2D eigenvalue weighted by molar-refractivity contribution is -0.841. The SMILES string of the molecule is C=CC[N+]1(C(=O)O)CCC(C)(C(=O)O)C1. The molecule has 0 aromatic carbocycles. The minimum Gasteiger partial charge on any atom is -0.481 e. The van der Waals surface area contributed by atoms with Crippen LogP contribution < -0.4 is 0 Å². The van der Waals surface area contributed by atoms with Crippen LogP contribution in [0.1, 0.15) is 13.3 Å². The summed E-state index contributed by atoms with van der Waals surface area (Å²) in [6, 6.07) is 0. The highest BCUT2D eigenvalue weighted by Gasteiger charge is 2.54. The summed E-state index contributed by atoms with van der Waals surface area (Å²) in [6.07, 6.45) is 0.948. The van der Waals surface area contributed by atoms with Crippen LogP contribution >= 0.6 is 0 Å². The number of rotatable bonds is 3. The van der Waals surface area contributed by atoms with Crippen molar-refractivity contribution in [3.05, 3.63) is 12.7 Å². The van der Waals surface area contributed by atoms with Crippen molar-refractivity contribution in [1.82, 2.24) is 0 Å². The fraction of sp³-hybridized carbons (Fsp3) is 0.600. The van der Waals surface area contributed by atoms with Crippen molar-refractivity contribution in [3.63, 3.8) is 0 Å². The maximum atomic E-state index is 11.2. The Morgan fingerprint density at radius 1 is 1.53 bits per heavy atom. The number of likely N-dealkylation sites (tertiary alicyclic amines) is 1. The van der Waals surface area contributed by atoms with Crippen molar-refractivity contribution in [3.8, 4) is 0 Å². The zero-order valence-corrected chi connectivity index (χ0v) is 8.77. The molecule has 84 valence electrons. The number of aliphatic carboxylic acids is 1. The molecular weight excluding hydrogens is 198 g/mol. The van der Waals surface area contributed by atoms with E-state index in [1.54, 1.807) is 6.92 Å². The van der Waals surface area contributed by atoms with Crippen LogP contribution in [0.25, 0.3) is 0 Å². The van der Waals surface area contributed by atoms with E-state index < -0.39 is 17.5 Å². The molecule has 5 heteroatoms. The predicted octanol–water partition coefficient (Wildman–Crippen LogP) is 1.16. The molecule has 1 aliphatic rings. The van der Waals surface area contributed by atoms with Crippen LogP contribution in [0, 0.1) is 5.41 Å². The van der Waals surface area contributed by atoms with E-state index in [-0.39, 0.29) is 17.6 Å². The molecule has 2 N–H and O–H groups in total. The van der Waals surface area contributed by atoms with Crippen LogP contribution in [0.4, 0.5) is 4.79 Å². The highest BCUT2D eigenvalue weighted by molar-refractivity contribution is 5.75. The van der Waals surface area contributed by atoms with Gasteiger partial charge in [0, 0.05) is 6.42 Å². The summed E-state index contributed by atoms with van der Waals surface area (Å²) in [5, 5.41) is 18.2. The van der Waals surface area contributed by atoms with E-state index in [1.807, 2.05) is 0 Å². The second-order valence-corrected chi connectivity index (χ2v) is 4.40. The monoisotopic (exact) mass is 214 g/mol. The van der Waals surface area contributed by atoms with Gasteiger partial charge in [-0.15, -0.1) is 0 Å². The van der Waals surface area contributed by atoms with Gasteiger partial charge in [0.25, 0.3) is 0 Å². The standard InChI is InChI=1S/C10H15NO4/c1-3-5-11(9(14)15)6-4-10(2,7-11)8(12)13/h3H,1,4-7H2,2H3,(H-,12,13,14,15)/p+1. The molecule has 15 heavy (non-hydrogen) atoms. The molecule has 1 aliphatic heterocycles. The summed E-state index contributed by atoms with van der Waals surface area (Å²) < 4.78 is -0.216. The molecule has 0 aromatic heterocycles. The molecule has 0 bridgehead atoms. The number of hydrogen-bond acceptors (Lipinski definition) is 2. The normalized spacial score (nSPS) is 35.0. The van der Waals surface area contributed by atoms with Gasteiger partial charge in [-0.25, -0.2) is 4.48 Å². The molecule has 1 fully saturated rings. The van der Waals surface area contributed by atoms with Crippen LogP contribution in [0.5, 0.6) is 0 Å². The number of amides is 1. The largest absolute Gasteiger partial charge is 0.513 e. The number of hydrogen-bond donors (Lipinski definition) is 2. The third-order valence-corrected chi connectivity index (χ3v) is 3.14. The molecule has 0 spiro atoms. The fourth-order valence-corrected chi connectivity index (χ4v) is 2.11. The minimum atomic E-state index is -0.972. The Morgan fingerprint density at radius 3 is 2.47 bits per heavy atom. The van der Waals surface area contributed by atoms with Gasteiger partial charge >= 0.3 is 12.1 Å². The molecule has 1 heterocycles. The quantitative estimate of drug-likeness (QED) is 0.546. The van der Waals surface area contributed by atoms with Gasteiger partial charge in [0.15, 0.2) is 0 Å². The molecule has 0 radical (unpaired) electrons. The molecule has 1 saturated heterocycles. The van der Waals surface area contributed by atoms with Crippen LogP contribution in [-0.4, -0.2) is 46.4 Å². The molecule has 1 rings (SSSR count). The van der Waals surface area contributed by atoms with Crippen molar-refractivity contribution < 1.29 is 24.3 Å². The first-order valence-electron chi connectivity index (χ1n) is 4.80. The first-order valence-corrected chi connectivity index (χ1v) is 4.80. The third kappa shape index (κ3) is 1.87. The fourth-order valence-electron chi connectivity index (χ4n) is 2.11. The highest BCUT2D eigenvalue weighted by atomic mass is 16.4. The van der Waals surface area contributed by atoms with Gasteiger partial charge in [-0.2, -0.15) is 4.79 Å². The van der Waals surface area contributed by atoms with Crippen molar-refractivity contribution in [2.75, 3.05) is 19.6 Å². The second-order valence-electron chi connectivity index (χ2n) is 4.40. The van der Waals surface area contributed by atoms with Gasteiger partial charge in [-0.1, -0.05) is 6.58 Å². The molecule has 0 saturated carbocycles. The van der Waals surface area contributed by atoms with E-state index in [9.17, 15) is 9.59 Å². The summed E-state index contributed by atoms with van der Waals surface area (Å²) >= 11 is 0. The van der Waals surface area contributed by atoms with E-state index in [2.05, 4.69) is 6.58 Å². The molecule has 2 unspecified atom stereocenters. The maximum Gasteiger partial charge on any atom is 0.513 e. The van der Waals surface area contributed by atoms with Gasteiger partial charge in [0.2, 0.25) is 0 Å². The minimum absolute atomic E-state index is 0.129. The van der Waals surface area contributed by atoms with Gasteiger partial charge < -0.3 is 10.2 Å². The number of carbonyl (C=O) groups is 2. The second kappa shape index (κ2) is 3.66. The Balaban J connectivity index is 2.94. The van der Waals surface area contributed by atoms with Gasteiger partial charge in [-0.3, -0.25) is 4.79 Å². The first-order chi connectivity index (χ1) is 6.86. The zero-order chi connectivity index (χ0) is 11.7. The van der Waals surface area contributed by atoms with E-state index >= 15 is 0 Å². The van der Waals surface area contributed by atoms with E-state index in [0.29, 0.717) is 13.0 Å². The summed E-state index contributed by atoms with van der Waals surface area (Å²) in [4.78, 5) is 22.2. The Kier molecular flexibility index (Phi) is 2.86. The Labute approximate surface area is 88.2 Å². The molecule has 2 atom stereocenters. The topological polar surface area (TPSA) is 74.6 Å². The van der Waals surface area contributed by atoms with Crippen LogP contribution in [0.15, 0.2) is 12.7 Å². The average Bonchev–Trinajstić information content (AvgIpc) is 2.47. The van der Waals surface area contributed by atoms with Gasteiger partial charge in [0.1, 0.15) is 18.5 Å². The smallest absolute Gasteiger partial charge is 0.481 e. The Bertz CT molecular complexity index is 315. The Morgan fingerprint density at radius 2 is 2.13 bits per heavy atom. The van der Waals surface area contributed by atoms with Crippen LogP contribution in [0.2, 0.25) is 0 Å². The predicted molar refractivity (Wildman–Crippen MR) is 53.4 cm³/mol. The molecule has 1 amide bonds. The van der Waals surface area contributed by atoms with Crippen molar-refractivity contribution in [2.24, 2.45) is 5.41 Å². The zero-order valence-electron chi connectivity index (χ0n) is 8.77. The van der Waals surface area contributed by atoms with E-state index in [1.165, 1.54) is 6.08 Å². The van der Waals surface area contributed by atoms with E-state index in [0.717, 1.165) is 0 Å². The van der Waals surface area contributed by atoms with Crippen molar-refractivity contribution >= 4 is 12.1 Å². The number of quaternary nitrogens is 1. The van der Waals surface area contributed by atoms with Gasteiger partial charge in [-0.05, 0) is 13.0 Å². The molecular formula is C10H16NO4+. The van der Waals surface area contributed by atoms with Crippen LogP contribution in [0.3, 0.4) is 0 Å². The number of carboxylic acids is 1. The van der Waals surface area contributed by atoms with E-state index in [4.69, 9.17) is 10.2 Å². The Hall–Kier alpha value is -1.36. The molecule has 0 aliphatic carbocycles. The maximum absolute atomic E-state index is 11.2. The van der Waals surface area contributed by atoms with Gasteiger partial charge in [0.05, 0.1) is 6.54 Å². The lowest BCUT2D eigenvalue weighted by atomic mass is 9.90. The number of carboxylic acid groups (broad SMARTS) is 2. The summed E-state index contributed by atoms with van der Waals surface area (Å²) in [7, 11) is 0. The van der Waals surface area contributed by atoms with Crippen molar-refractivity contribution in [2.45, 2.75) is 13.3 Å². The lowest BCUT2D eigenvalue weighted by Gasteiger charge is -2.27. The lowest BCUT2D eigenvalue weighted by Crippen LogP contribution is -2.52. The first kappa shape index (κ1) is 11.7. The summed E-state index contributed by atoms with van der Waals surface area (Å²) in [6.45, 7) is 5.87. The number of nitrogens with zero attached hydrogens (tertiary/aromatic N) is 1. The third-order valence-electron chi connectivity index (χ3n) is 3.14.